The zero-order valence-corrected chi connectivity index (χ0v) is 7.83. The van der Waals surface area contributed by atoms with Crippen LogP contribution in [-0.4, -0.2) is 6.17 Å². The van der Waals surface area contributed by atoms with Gasteiger partial charge in [-0.2, -0.15) is 0 Å². The highest BCUT2D eigenvalue weighted by Crippen LogP contribution is 2.37. The van der Waals surface area contributed by atoms with E-state index in [4.69, 9.17) is 9.16 Å². The average Bonchev–Trinajstić information content (AvgIpc) is 2.56. The number of benzene rings is 1. The van der Waals surface area contributed by atoms with Gasteiger partial charge >= 0.3 is 0 Å². The van der Waals surface area contributed by atoms with Gasteiger partial charge in [0.05, 0.1) is 0 Å². The molecule has 0 nitrogen and oxygen atoms in total. The molecular weight excluding hydrogens is 175 g/mol. The molecule has 0 heterocycles. The predicted octanol–water partition coefficient (Wildman–Crippen LogP) is 3.08. The smallest absolute Gasteiger partial charge is 0.111 e. The molecule has 1 aliphatic rings. The van der Waals surface area contributed by atoms with E-state index in [0.29, 0.717) is 6.42 Å². The van der Waals surface area contributed by atoms with E-state index in [-0.39, 0.29) is 6.42 Å². The highest BCUT2D eigenvalue weighted by atomic mass is 19.1. The first-order valence-electron chi connectivity index (χ1n) is 5.73. The van der Waals surface area contributed by atoms with E-state index in [1.165, 1.54) is 0 Å². The van der Waals surface area contributed by atoms with Gasteiger partial charge in [-0.25, -0.2) is 4.39 Å². The van der Waals surface area contributed by atoms with Crippen LogP contribution >= 0.6 is 0 Å². The van der Waals surface area contributed by atoms with Gasteiger partial charge in [-0.3, -0.25) is 0 Å². The van der Waals surface area contributed by atoms with Crippen LogP contribution in [-0.2, 0) is 6.42 Å². The van der Waals surface area contributed by atoms with Gasteiger partial charge in [0, 0.05) is 21.5 Å². The third-order valence-corrected chi connectivity index (χ3v) is 2.73. The van der Waals surface area contributed by atoms with Crippen molar-refractivity contribution in [2.24, 2.45) is 0 Å². The van der Waals surface area contributed by atoms with Gasteiger partial charge in [0.15, 0.2) is 0 Å². The van der Waals surface area contributed by atoms with Gasteiger partial charge in [-0.05, 0) is 17.5 Å². The molecule has 0 saturated heterocycles. The van der Waals surface area contributed by atoms with Crippen molar-refractivity contribution in [2.75, 3.05) is 0 Å². The number of rotatable bonds is 2. The van der Waals surface area contributed by atoms with Crippen molar-refractivity contribution in [3.63, 3.8) is 0 Å². The number of hydrogen-bond acceptors (Lipinski definition) is 0. The molecule has 14 heavy (non-hydrogen) atoms. The molecule has 1 heteroatoms. The lowest BCUT2D eigenvalue weighted by Gasteiger charge is -2.11. The highest BCUT2D eigenvalue weighted by molar-refractivity contribution is 5.36. The Labute approximate surface area is 87.0 Å². The minimum atomic E-state index is -1.73. The van der Waals surface area contributed by atoms with Crippen molar-refractivity contribution in [2.45, 2.75) is 31.3 Å². The summed E-state index contributed by atoms with van der Waals surface area (Å²) in [5, 5.41) is 0. The second-order valence-electron chi connectivity index (χ2n) is 3.55. The molecule has 1 aromatic carbocycles. The molecule has 0 aliphatic heterocycles. The van der Waals surface area contributed by atoms with Crippen molar-refractivity contribution in [3.8, 4) is 12.3 Å². The van der Waals surface area contributed by atoms with E-state index in [1.54, 1.807) is 0 Å². The van der Waals surface area contributed by atoms with Gasteiger partial charge in [0.25, 0.3) is 0 Å². The minimum Gasteiger partial charge on any atom is -0.246 e. The van der Waals surface area contributed by atoms with E-state index in [2.05, 4.69) is 5.92 Å². The summed E-state index contributed by atoms with van der Waals surface area (Å²) in [6, 6.07) is 7.50. The summed E-state index contributed by atoms with van der Waals surface area (Å²) in [5.74, 6) is 1.69. The van der Waals surface area contributed by atoms with Crippen molar-refractivity contribution in [3.05, 3.63) is 35.4 Å². The number of halogens is 1. The molecule has 0 N–H and O–H groups in total. The molecule has 2 rings (SSSR count). The molecule has 0 aromatic heterocycles. The zero-order chi connectivity index (χ0) is 11.8. The second kappa shape index (κ2) is 3.84. The summed E-state index contributed by atoms with van der Waals surface area (Å²) in [7, 11) is 0. The fraction of sp³-hybridized carbons (Fsp3) is 0.385. The monoisotopic (exact) mass is 190 g/mol. The lowest BCUT2D eigenvalue weighted by Crippen LogP contribution is -2.07. The van der Waals surface area contributed by atoms with Crippen LogP contribution in [0.1, 0.15) is 32.6 Å². The maximum absolute atomic E-state index is 13.8. The summed E-state index contributed by atoms with van der Waals surface area (Å²) >= 11 is 0. The minimum absolute atomic E-state index is 0.0572. The van der Waals surface area contributed by atoms with Gasteiger partial charge in [0.1, 0.15) is 6.17 Å². The Morgan fingerprint density at radius 2 is 2.36 bits per heavy atom. The van der Waals surface area contributed by atoms with Crippen LogP contribution in [0.25, 0.3) is 0 Å². The molecular formula is C13H13F. The van der Waals surface area contributed by atoms with Gasteiger partial charge < -0.3 is 0 Å². The maximum atomic E-state index is 13.8. The Hall–Kier alpha value is -1.29. The molecule has 0 saturated carbocycles. The first kappa shape index (κ1) is 7.06. The largest absolute Gasteiger partial charge is 0.246 e. The van der Waals surface area contributed by atoms with Gasteiger partial charge in [0.2, 0.25) is 0 Å². The van der Waals surface area contributed by atoms with Crippen molar-refractivity contribution < 1.29 is 7.13 Å². The maximum Gasteiger partial charge on any atom is 0.111 e. The molecule has 1 aromatic rings. The molecule has 2 atom stereocenters. The van der Waals surface area contributed by atoms with Crippen LogP contribution < -0.4 is 0 Å². The zero-order valence-electron chi connectivity index (χ0n) is 9.83. The Bertz CT molecular complexity index is 434. The lowest BCUT2D eigenvalue weighted by molar-refractivity contribution is 0.292. The molecule has 0 spiro atoms. The molecule has 1 aliphatic carbocycles. The standard InChI is InChI=1S/C13H13F/c1-2-3-7-12-11-8-5-4-6-10(11)9-13(12)14/h1,4-6,8,12-13H,3,7,9H2/t12-,13-/m0/s1/i3D2,14+0. The van der Waals surface area contributed by atoms with Crippen LogP contribution in [0.15, 0.2) is 24.3 Å². The second-order valence-corrected chi connectivity index (χ2v) is 3.55. The van der Waals surface area contributed by atoms with E-state index >= 15 is 0 Å². The molecule has 0 fully saturated rings. The normalized spacial score (nSPS) is 27.4. The van der Waals surface area contributed by atoms with Crippen molar-refractivity contribution in [1.82, 2.24) is 0 Å². The lowest BCUT2D eigenvalue weighted by atomic mass is 9.95. The fourth-order valence-corrected chi connectivity index (χ4v) is 2.04. The van der Waals surface area contributed by atoms with E-state index < -0.39 is 18.5 Å². The quantitative estimate of drug-likeness (QED) is 0.629. The summed E-state index contributed by atoms with van der Waals surface area (Å²) in [6.45, 7) is 0. The Morgan fingerprint density at radius 1 is 1.57 bits per heavy atom. The number of hydrogen-bond donors (Lipinski definition) is 0. The average molecular weight is 190 g/mol. The highest BCUT2D eigenvalue weighted by Gasteiger charge is 2.31. The van der Waals surface area contributed by atoms with Crippen LogP contribution in [0.3, 0.4) is 0 Å². The molecule has 0 unspecified atom stereocenters. The first-order chi connectivity index (χ1) is 7.53. The Kier molecular flexibility index (Phi) is 1.94. The molecule has 72 valence electrons. The van der Waals surface area contributed by atoms with E-state index in [1.807, 2.05) is 24.3 Å². The van der Waals surface area contributed by atoms with E-state index in [9.17, 15) is 4.39 Å². The number of fused-ring (bicyclic) bond motifs is 1. The number of terminal acetylenes is 1. The SMILES string of the molecule is [2H]C([2H])(C#C)C[C@H]1c2ccccc2C[C@@H]1[19F]. The fourth-order valence-electron chi connectivity index (χ4n) is 2.04. The molecule has 0 radical (unpaired) electrons. The third kappa shape index (κ3) is 1.53. The Balaban J connectivity index is 2.27. The van der Waals surface area contributed by atoms with Crippen molar-refractivity contribution in [1.29, 1.82) is 0 Å². The summed E-state index contributed by atoms with van der Waals surface area (Å²) in [5.41, 5.74) is 1.89. The van der Waals surface area contributed by atoms with Gasteiger partial charge in [-0.1, -0.05) is 24.3 Å². The molecule has 0 bridgehead atoms. The predicted molar refractivity (Wildman–Crippen MR) is 55.9 cm³/mol. The number of alkyl halides is 1. The topological polar surface area (TPSA) is 0 Å². The first-order valence-corrected chi connectivity index (χ1v) is 4.73. The van der Waals surface area contributed by atoms with Crippen LogP contribution in [0, 0.1) is 12.3 Å². The Morgan fingerprint density at radius 3 is 3.14 bits per heavy atom. The van der Waals surface area contributed by atoms with Crippen LogP contribution in [0.2, 0.25) is 0 Å². The summed E-state index contributed by atoms with van der Waals surface area (Å²) < 4.78 is 28.9. The van der Waals surface area contributed by atoms with Gasteiger partial charge in [-0.15, -0.1) is 12.3 Å². The van der Waals surface area contributed by atoms with Crippen LogP contribution in [0.4, 0.5) is 4.39 Å². The third-order valence-electron chi connectivity index (χ3n) is 2.73. The van der Waals surface area contributed by atoms with Crippen molar-refractivity contribution >= 4 is 0 Å². The summed E-state index contributed by atoms with van der Waals surface area (Å²) in [6.07, 6.45) is 2.79. The van der Waals surface area contributed by atoms with Crippen LogP contribution in [0.5, 0.6) is 0 Å². The molecule has 0 amide bonds. The van der Waals surface area contributed by atoms with E-state index in [0.717, 1.165) is 11.1 Å². The summed E-state index contributed by atoms with van der Waals surface area (Å²) in [4.78, 5) is 0.